The van der Waals surface area contributed by atoms with E-state index in [-0.39, 0.29) is 11.4 Å². The maximum Gasteiger partial charge on any atom is 0.341 e. The van der Waals surface area contributed by atoms with Crippen molar-refractivity contribution in [3.05, 3.63) is 47.9 Å². The van der Waals surface area contributed by atoms with E-state index < -0.39 is 11.9 Å². The molecule has 0 bridgehead atoms. The number of thioether (sulfide) groups is 1. The van der Waals surface area contributed by atoms with Gasteiger partial charge < -0.3 is 9.84 Å². The zero-order valence-corrected chi connectivity index (χ0v) is 10.8. The highest BCUT2D eigenvalue weighted by molar-refractivity contribution is 7.98. The number of carboxylic acid groups (broad SMARTS) is 1. The molecule has 1 aromatic heterocycles. The van der Waals surface area contributed by atoms with Gasteiger partial charge in [0, 0.05) is 4.90 Å². The molecule has 0 aliphatic carbocycles. The smallest absolute Gasteiger partial charge is 0.341 e. The lowest BCUT2D eigenvalue weighted by Gasteiger charge is -2.08. The number of aromatic carboxylic acids is 1. The van der Waals surface area contributed by atoms with Crippen molar-refractivity contribution in [1.29, 1.82) is 0 Å². The molecule has 0 radical (unpaired) electrons. The average Bonchev–Trinajstić information content (AvgIpc) is 2.38. The zero-order valence-electron chi connectivity index (χ0n) is 9.96. The number of carbonyl (C=O) groups is 1. The summed E-state index contributed by atoms with van der Waals surface area (Å²) < 4.78 is 18.4. The van der Waals surface area contributed by atoms with Crippen LogP contribution in [0.4, 0.5) is 4.39 Å². The summed E-state index contributed by atoms with van der Waals surface area (Å²) in [6, 6.07) is 9.13. The van der Waals surface area contributed by atoms with E-state index in [2.05, 4.69) is 4.98 Å². The van der Waals surface area contributed by atoms with Crippen LogP contribution in [0.2, 0.25) is 0 Å². The summed E-state index contributed by atoms with van der Waals surface area (Å²) in [5.74, 6) is -1.86. The van der Waals surface area contributed by atoms with E-state index in [4.69, 9.17) is 9.84 Å². The van der Waals surface area contributed by atoms with E-state index >= 15 is 0 Å². The minimum atomic E-state index is -1.22. The molecular formula is C13H10FNO3S. The molecule has 0 unspecified atom stereocenters. The first-order chi connectivity index (χ1) is 9.10. The lowest BCUT2D eigenvalue weighted by Crippen LogP contribution is -2.03. The summed E-state index contributed by atoms with van der Waals surface area (Å²) in [5.41, 5.74) is -0.184. The van der Waals surface area contributed by atoms with Gasteiger partial charge in [0.25, 0.3) is 0 Å². The molecule has 2 rings (SSSR count). The SMILES string of the molecule is CSc1cccc(Oc2nc(F)ccc2C(=O)O)c1. The van der Waals surface area contributed by atoms with Gasteiger partial charge in [-0.15, -0.1) is 11.8 Å². The molecule has 1 aromatic carbocycles. The number of benzene rings is 1. The zero-order chi connectivity index (χ0) is 13.8. The molecule has 6 heteroatoms. The van der Waals surface area contributed by atoms with E-state index in [1.807, 2.05) is 12.3 Å². The Morgan fingerprint density at radius 3 is 2.84 bits per heavy atom. The first-order valence-corrected chi connectivity index (χ1v) is 6.54. The second-order valence-corrected chi connectivity index (χ2v) is 4.45. The lowest BCUT2D eigenvalue weighted by molar-refractivity contribution is 0.0693. The molecule has 0 spiro atoms. The number of rotatable bonds is 4. The molecule has 1 N–H and O–H groups in total. The highest BCUT2D eigenvalue weighted by Crippen LogP contribution is 2.26. The van der Waals surface area contributed by atoms with Crippen molar-refractivity contribution in [1.82, 2.24) is 4.98 Å². The van der Waals surface area contributed by atoms with E-state index in [1.165, 1.54) is 11.8 Å². The number of nitrogens with zero attached hydrogens (tertiary/aromatic N) is 1. The fraction of sp³-hybridized carbons (Fsp3) is 0.0769. The van der Waals surface area contributed by atoms with E-state index in [1.54, 1.807) is 18.2 Å². The highest BCUT2D eigenvalue weighted by Gasteiger charge is 2.15. The molecule has 0 atom stereocenters. The number of hydrogen-bond donors (Lipinski definition) is 1. The van der Waals surface area contributed by atoms with Crippen LogP contribution in [0, 0.1) is 5.95 Å². The number of carboxylic acids is 1. The van der Waals surface area contributed by atoms with Gasteiger partial charge >= 0.3 is 5.97 Å². The van der Waals surface area contributed by atoms with Gasteiger partial charge in [0.05, 0.1) is 0 Å². The third-order valence-corrected chi connectivity index (χ3v) is 3.04. The largest absolute Gasteiger partial charge is 0.477 e. The molecule has 2 aromatic rings. The summed E-state index contributed by atoms with van der Waals surface area (Å²) in [4.78, 5) is 15.4. The molecule has 1 heterocycles. The monoisotopic (exact) mass is 279 g/mol. The first-order valence-electron chi connectivity index (χ1n) is 5.32. The van der Waals surface area contributed by atoms with Crippen molar-refractivity contribution in [3.63, 3.8) is 0 Å². The first kappa shape index (κ1) is 13.4. The van der Waals surface area contributed by atoms with Gasteiger partial charge in [-0.25, -0.2) is 4.79 Å². The van der Waals surface area contributed by atoms with E-state index in [9.17, 15) is 9.18 Å². The summed E-state index contributed by atoms with van der Waals surface area (Å²) >= 11 is 1.52. The minimum Gasteiger partial charge on any atom is -0.477 e. The second kappa shape index (κ2) is 5.71. The summed E-state index contributed by atoms with van der Waals surface area (Å²) in [5, 5.41) is 8.99. The summed E-state index contributed by atoms with van der Waals surface area (Å²) in [6.45, 7) is 0. The third-order valence-electron chi connectivity index (χ3n) is 2.31. The van der Waals surface area contributed by atoms with Gasteiger partial charge in [0.1, 0.15) is 11.3 Å². The quantitative estimate of drug-likeness (QED) is 0.686. The maximum absolute atomic E-state index is 13.1. The molecule has 0 saturated carbocycles. The Labute approximate surface area is 113 Å². The molecule has 0 amide bonds. The fourth-order valence-electron chi connectivity index (χ4n) is 1.43. The van der Waals surface area contributed by atoms with E-state index in [0.29, 0.717) is 5.75 Å². The fourth-order valence-corrected chi connectivity index (χ4v) is 1.88. The van der Waals surface area contributed by atoms with Crippen LogP contribution in [0.15, 0.2) is 41.3 Å². The van der Waals surface area contributed by atoms with Gasteiger partial charge in [0.15, 0.2) is 0 Å². The topological polar surface area (TPSA) is 59.4 Å². The predicted molar refractivity (Wildman–Crippen MR) is 69.5 cm³/mol. The lowest BCUT2D eigenvalue weighted by atomic mass is 10.2. The standard InChI is InChI=1S/C13H10FNO3S/c1-19-9-4-2-3-8(7-9)18-12-10(13(16)17)5-6-11(14)15-12/h2-7H,1H3,(H,16,17). The highest BCUT2D eigenvalue weighted by atomic mass is 32.2. The van der Waals surface area contributed by atoms with Crippen LogP contribution < -0.4 is 4.74 Å². The molecule has 0 fully saturated rings. The van der Waals surface area contributed by atoms with Gasteiger partial charge in [-0.3, -0.25) is 0 Å². The number of ether oxygens (including phenoxy) is 1. The number of pyridine rings is 1. The van der Waals surface area contributed by atoms with Crippen LogP contribution >= 0.6 is 11.8 Å². The Balaban J connectivity index is 2.36. The molecular weight excluding hydrogens is 269 g/mol. The Morgan fingerprint density at radius 1 is 1.37 bits per heavy atom. The van der Waals surface area contributed by atoms with Crippen molar-refractivity contribution >= 4 is 17.7 Å². The van der Waals surface area contributed by atoms with Crippen molar-refractivity contribution in [2.24, 2.45) is 0 Å². The summed E-state index contributed by atoms with van der Waals surface area (Å²) in [6.07, 6.45) is 1.90. The Hall–Kier alpha value is -2.08. The maximum atomic E-state index is 13.1. The average molecular weight is 279 g/mol. The predicted octanol–water partition coefficient (Wildman–Crippen LogP) is 3.43. The molecule has 4 nitrogen and oxygen atoms in total. The number of hydrogen-bond acceptors (Lipinski definition) is 4. The van der Waals surface area contributed by atoms with Crippen LogP contribution in [-0.2, 0) is 0 Å². The van der Waals surface area contributed by atoms with Crippen LogP contribution in [0.1, 0.15) is 10.4 Å². The van der Waals surface area contributed by atoms with E-state index in [0.717, 1.165) is 17.0 Å². The van der Waals surface area contributed by atoms with Crippen LogP contribution in [-0.4, -0.2) is 22.3 Å². The van der Waals surface area contributed by atoms with Crippen molar-refractivity contribution in [2.75, 3.05) is 6.26 Å². The molecule has 19 heavy (non-hydrogen) atoms. The van der Waals surface area contributed by atoms with Gasteiger partial charge in [0.2, 0.25) is 11.8 Å². The van der Waals surface area contributed by atoms with Crippen molar-refractivity contribution in [3.8, 4) is 11.6 Å². The normalized spacial score (nSPS) is 10.2. The van der Waals surface area contributed by atoms with Crippen LogP contribution in [0.5, 0.6) is 11.6 Å². The number of halogens is 1. The molecule has 98 valence electrons. The van der Waals surface area contributed by atoms with Crippen molar-refractivity contribution < 1.29 is 19.0 Å². The van der Waals surface area contributed by atoms with Gasteiger partial charge in [-0.2, -0.15) is 9.37 Å². The molecule has 0 saturated heterocycles. The van der Waals surface area contributed by atoms with Gasteiger partial charge in [-0.05, 0) is 36.6 Å². The van der Waals surface area contributed by atoms with Crippen LogP contribution in [0.3, 0.4) is 0 Å². The Bertz CT molecular complexity index is 619. The Morgan fingerprint density at radius 2 is 2.16 bits per heavy atom. The minimum absolute atomic E-state index is 0.184. The molecule has 0 aliphatic rings. The molecule has 0 aliphatic heterocycles. The van der Waals surface area contributed by atoms with Crippen LogP contribution in [0.25, 0.3) is 0 Å². The second-order valence-electron chi connectivity index (χ2n) is 3.57. The Kier molecular flexibility index (Phi) is 4.01. The number of aromatic nitrogens is 1. The summed E-state index contributed by atoms with van der Waals surface area (Å²) in [7, 11) is 0. The third kappa shape index (κ3) is 3.23. The van der Waals surface area contributed by atoms with Gasteiger partial charge in [-0.1, -0.05) is 6.07 Å². The van der Waals surface area contributed by atoms with Crippen molar-refractivity contribution in [2.45, 2.75) is 4.90 Å².